The van der Waals surface area contributed by atoms with E-state index in [0.29, 0.717) is 28.0 Å². The molecule has 3 rings (SSSR count). The first-order valence-corrected chi connectivity index (χ1v) is 8.97. The summed E-state index contributed by atoms with van der Waals surface area (Å²) in [5, 5.41) is 9.86. The summed E-state index contributed by atoms with van der Waals surface area (Å²) >= 11 is 17.0. The molecule has 0 aliphatic carbocycles. The third-order valence-corrected chi connectivity index (χ3v) is 5.31. The Kier molecular flexibility index (Phi) is 5.06. The average molecular weight is 431 g/mol. The lowest BCUT2D eigenvalue weighted by Crippen LogP contribution is -2.16. The summed E-state index contributed by atoms with van der Waals surface area (Å²) in [7, 11) is 0. The molecule has 1 N–H and O–H groups in total. The molecule has 1 aromatic carbocycles. The van der Waals surface area contributed by atoms with Gasteiger partial charge in [-0.2, -0.15) is 5.10 Å². The molecule has 0 radical (unpaired) electrons. The Labute approximate surface area is 155 Å². The first-order chi connectivity index (χ1) is 11.0. The number of benzene rings is 1. The number of carbonyl (C=O) groups excluding carboxylic acids is 1. The van der Waals surface area contributed by atoms with Gasteiger partial charge in [0.05, 0.1) is 23.3 Å². The highest BCUT2D eigenvalue weighted by atomic mass is 79.9. The predicted octanol–water partition coefficient (Wildman–Crippen LogP) is 5.31. The van der Waals surface area contributed by atoms with Crippen LogP contribution >= 0.6 is 50.5 Å². The molecular formula is C15H10BrCl2N3OS. The number of hydrogen-bond donors (Lipinski definition) is 1. The van der Waals surface area contributed by atoms with Gasteiger partial charge in [-0.15, -0.1) is 11.3 Å². The van der Waals surface area contributed by atoms with Crippen LogP contribution in [0.3, 0.4) is 0 Å². The summed E-state index contributed by atoms with van der Waals surface area (Å²) in [4.78, 5) is 13.5. The van der Waals surface area contributed by atoms with Crippen molar-refractivity contribution >= 4 is 62.2 Å². The van der Waals surface area contributed by atoms with Crippen molar-refractivity contribution in [3.05, 3.63) is 66.9 Å². The molecule has 0 unspecified atom stereocenters. The number of rotatable bonds is 4. The molecule has 23 heavy (non-hydrogen) atoms. The minimum atomic E-state index is -0.327. The highest BCUT2D eigenvalue weighted by molar-refractivity contribution is 9.10. The number of thiophene rings is 1. The lowest BCUT2D eigenvalue weighted by molar-refractivity contribution is 0.102. The van der Waals surface area contributed by atoms with Crippen molar-refractivity contribution in [2.24, 2.45) is 0 Å². The number of amides is 1. The molecule has 118 valence electrons. The van der Waals surface area contributed by atoms with Gasteiger partial charge in [0.2, 0.25) is 0 Å². The van der Waals surface area contributed by atoms with Crippen molar-refractivity contribution in [2.45, 2.75) is 6.54 Å². The summed E-state index contributed by atoms with van der Waals surface area (Å²) < 4.78 is 2.75. The molecule has 2 heterocycles. The van der Waals surface area contributed by atoms with Gasteiger partial charge in [0.1, 0.15) is 5.82 Å². The van der Waals surface area contributed by atoms with E-state index in [0.717, 1.165) is 9.35 Å². The van der Waals surface area contributed by atoms with Gasteiger partial charge in [0.15, 0.2) is 0 Å². The number of halogens is 3. The number of nitrogens with zero attached hydrogens (tertiary/aromatic N) is 2. The van der Waals surface area contributed by atoms with E-state index < -0.39 is 0 Å². The number of aromatic nitrogens is 2. The summed E-state index contributed by atoms with van der Waals surface area (Å²) in [6, 6.07) is 8.53. The van der Waals surface area contributed by atoms with Crippen LogP contribution < -0.4 is 5.32 Å². The van der Waals surface area contributed by atoms with Crippen LogP contribution in [-0.4, -0.2) is 15.7 Å². The third kappa shape index (κ3) is 3.95. The zero-order chi connectivity index (χ0) is 16.4. The highest BCUT2D eigenvalue weighted by Crippen LogP contribution is 2.23. The number of hydrogen-bond acceptors (Lipinski definition) is 3. The monoisotopic (exact) mass is 429 g/mol. The van der Waals surface area contributed by atoms with Crippen LogP contribution in [0, 0.1) is 0 Å². The van der Waals surface area contributed by atoms with Gasteiger partial charge in [-0.1, -0.05) is 23.2 Å². The molecule has 0 aliphatic heterocycles. The van der Waals surface area contributed by atoms with Crippen LogP contribution in [0.1, 0.15) is 15.2 Å². The van der Waals surface area contributed by atoms with Gasteiger partial charge in [-0.05, 0) is 40.2 Å². The first kappa shape index (κ1) is 16.5. The number of anilines is 1. The van der Waals surface area contributed by atoms with E-state index in [2.05, 4.69) is 26.3 Å². The van der Waals surface area contributed by atoms with Gasteiger partial charge in [0, 0.05) is 25.8 Å². The molecule has 0 saturated carbocycles. The Morgan fingerprint density at radius 1 is 1.30 bits per heavy atom. The first-order valence-electron chi connectivity index (χ1n) is 6.54. The van der Waals surface area contributed by atoms with E-state index in [9.17, 15) is 4.79 Å². The van der Waals surface area contributed by atoms with Crippen molar-refractivity contribution in [1.82, 2.24) is 9.78 Å². The smallest absolute Gasteiger partial charge is 0.258 e. The molecule has 0 fully saturated rings. The minimum Gasteiger partial charge on any atom is -0.307 e. The highest BCUT2D eigenvalue weighted by Gasteiger charge is 2.14. The maximum absolute atomic E-state index is 12.4. The number of nitrogens with one attached hydrogen (secondary N) is 1. The summed E-state index contributed by atoms with van der Waals surface area (Å²) in [6.45, 7) is 0.572. The van der Waals surface area contributed by atoms with Crippen molar-refractivity contribution in [3.8, 4) is 0 Å². The predicted molar refractivity (Wildman–Crippen MR) is 97.8 cm³/mol. The Hall–Kier alpha value is -1.34. The molecule has 1 amide bonds. The van der Waals surface area contributed by atoms with E-state index in [1.165, 1.54) is 6.07 Å². The fourth-order valence-electron chi connectivity index (χ4n) is 2.00. The van der Waals surface area contributed by atoms with Crippen molar-refractivity contribution in [3.63, 3.8) is 0 Å². The van der Waals surface area contributed by atoms with Crippen LogP contribution in [0.4, 0.5) is 5.82 Å². The molecule has 0 bridgehead atoms. The average Bonchev–Trinajstić information content (AvgIpc) is 3.11. The lowest BCUT2D eigenvalue weighted by atomic mass is 10.2. The Balaban J connectivity index is 1.79. The molecular weight excluding hydrogens is 421 g/mol. The quantitative estimate of drug-likeness (QED) is 0.609. The fourth-order valence-corrected chi connectivity index (χ4v) is 3.81. The normalized spacial score (nSPS) is 10.7. The van der Waals surface area contributed by atoms with E-state index >= 15 is 0 Å². The van der Waals surface area contributed by atoms with Crippen LogP contribution in [-0.2, 0) is 6.54 Å². The van der Waals surface area contributed by atoms with E-state index in [1.54, 1.807) is 40.4 Å². The largest absolute Gasteiger partial charge is 0.307 e. The topological polar surface area (TPSA) is 46.9 Å². The number of carbonyl (C=O) groups is 1. The van der Waals surface area contributed by atoms with Gasteiger partial charge in [-0.25, -0.2) is 4.68 Å². The van der Waals surface area contributed by atoms with Gasteiger partial charge in [0.25, 0.3) is 5.91 Å². The molecule has 0 atom stereocenters. The maximum Gasteiger partial charge on any atom is 0.258 e. The van der Waals surface area contributed by atoms with Crippen molar-refractivity contribution in [2.75, 3.05) is 5.32 Å². The summed E-state index contributed by atoms with van der Waals surface area (Å²) in [5.74, 6) is 0.266. The van der Waals surface area contributed by atoms with E-state index in [1.807, 2.05) is 11.4 Å². The van der Waals surface area contributed by atoms with Crippen molar-refractivity contribution in [1.29, 1.82) is 0 Å². The van der Waals surface area contributed by atoms with E-state index in [-0.39, 0.29) is 5.91 Å². The molecule has 0 aliphatic rings. The Morgan fingerprint density at radius 3 is 2.87 bits per heavy atom. The van der Waals surface area contributed by atoms with Gasteiger partial charge in [-0.3, -0.25) is 4.79 Å². The Bertz CT molecular complexity index is 862. The SMILES string of the molecule is O=C(Nc1ccnn1Cc1cc(Br)cs1)c1cc(Cl)ccc1Cl. The molecule has 0 spiro atoms. The zero-order valence-corrected chi connectivity index (χ0v) is 15.5. The standard InChI is InChI=1S/C15H10BrCl2N3OS/c16-9-5-11(23-8-9)7-21-14(3-4-19-21)20-15(22)12-6-10(17)1-2-13(12)18/h1-6,8H,7H2,(H,20,22). The maximum atomic E-state index is 12.4. The third-order valence-electron chi connectivity index (χ3n) is 3.06. The minimum absolute atomic E-state index is 0.325. The molecule has 8 heteroatoms. The molecule has 4 nitrogen and oxygen atoms in total. The molecule has 0 saturated heterocycles. The van der Waals surface area contributed by atoms with Crippen LogP contribution in [0.5, 0.6) is 0 Å². The van der Waals surface area contributed by atoms with Gasteiger partial charge < -0.3 is 5.32 Å². The Morgan fingerprint density at radius 2 is 2.13 bits per heavy atom. The summed E-state index contributed by atoms with van der Waals surface area (Å²) in [6.07, 6.45) is 1.64. The van der Waals surface area contributed by atoms with Crippen molar-refractivity contribution < 1.29 is 4.79 Å². The molecule has 3 aromatic rings. The zero-order valence-electron chi connectivity index (χ0n) is 11.6. The van der Waals surface area contributed by atoms with Gasteiger partial charge >= 0.3 is 0 Å². The van der Waals surface area contributed by atoms with Crippen LogP contribution in [0.25, 0.3) is 0 Å². The van der Waals surface area contributed by atoms with E-state index in [4.69, 9.17) is 23.2 Å². The second-order valence-electron chi connectivity index (χ2n) is 4.68. The van der Waals surface area contributed by atoms with Crippen LogP contribution in [0.2, 0.25) is 10.0 Å². The van der Waals surface area contributed by atoms with Crippen LogP contribution in [0.15, 0.2) is 46.4 Å². The second-order valence-corrected chi connectivity index (χ2v) is 7.44. The summed E-state index contributed by atoms with van der Waals surface area (Å²) in [5.41, 5.74) is 0.325. The lowest BCUT2D eigenvalue weighted by Gasteiger charge is -2.09. The second kappa shape index (κ2) is 7.05. The molecule has 2 aromatic heterocycles. The fraction of sp³-hybridized carbons (Fsp3) is 0.0667.